The maximum absolute atomic E-state index is 8.77. The third-order valence-electron chi connectivity index (χ3n) is 2.96. The molecule has 0 aliphatic heterocycles. The summed E-state index contributed by atoms with van der Waals surface area (Å²) in [7, 11) is 0. The second-order valence-corrected chi connectivity index (χ2v) is 4.35. The third-order valence-corrected chi connectivity index (χ3v) is 2.96. The number of aliphatic hydroxyl groups is 1. The Kier molecular flexibility index (Phi) is 3.80. The third kappa shape index (κ3) is 3.36. The molecule has 1 aromatic heterocycles. The summed E-state index contributed by atoms with van der Waals surface area (Å²) in [5.41, 5.74) is 1.37. The van der Waals surface area contributed by atoms with Gasteiger partial charge in [-0.05, 0) is 43.9 Å². The van der Waals surface area contributed by atoms with Crippen molar-refractivity contribution in [2.24, 2.45) is 0 Å². The number of aliphatic hydroxyl groups excluding tert-OH is 1. The fraction of sp³-hybridized carbons (Fsp3) is 0.667. The predicted octanol–water partition coefficient (Wildman–Crippen LogP) is 1.75. The minimum Gasteiger partial charge on any atom is -0.396 e. The van der Waals surface area contributed by atoms with E-state index in [1.165, 1.54) is 18.4 Å². The fourth-order valence-electron chi connectivity index (χ4n) is 1.95. The van der Waals surface area contributed by atoms with E-state index in [1.54, 1.807) is 0 Å². The first-order chi connectivity index (χ1) is 7.40. The Bertz CT molecular complexity index is 267. The smallest absolute Gasteiger partial charge is 0.0431 e. The largest absolute Gasteiger partial charge is 0.396 e. The lowest BCUT2D eigenvalue weighted by molar-refractivity contribution is 0.229. The van der Waals surface area contributed by atoms with E-state index in [1.807, 2.05) is 6.20 Å². The second-order valence-electron chi connectivity index (χ2n) is 4.35. The van der Waals surface area contributed by atoms with Crippen molar-refractivity contribution in [1.29, 1.82) is 0 Å². The van der Waals surface area contributed by atoms with Gasteiger partial charge in [-0.2, -0.15) is 0 Å². The molecule has 0 amide bonds. The van der Waals surface area contributed by atoms with Gasteiger partial charge in [0.05, 0.1) is 0 Å². The number of H-pyrrole nitrogens is 1. The first kappa shape index (κ1) is 10.7. The van der Waals surface area contributed by atoms with E-state index in [0.717, 1.165) is 32.0 Å². The van der Waals surface area contributed by atoms with Crippen LogP contribution >= 0.6 is 0 Å². The van der Waals surface area contributed by atoms with Crippen LogP contribution in [0.15, 0.2) is 18.5 Å². The van der Waals surface area contributed by atoms with E-state index in [-0.39, 0.29) is 0 Å². The first-order valence-corrected chi connectivity index (χ1v) is 5.86. The highest BCUT2D eigenvalue weighted by atomic mass is 16.2. The summed E-state index contributed by atoms with van der Waals surface area (Å²) in [6, 6.07) is 2.94. The van der Waals surface area contributed by atoms with Gasteiger partial charge in [0.2, 0.25) is 0 Å². The van der Waals surface area contributed by atoms with Crippen molar-refractivity contribution in [3.05, 3.63) is 24.0 Å². The summed E-state index contributed by atoms with van der Waals surface area (Å²) >= 11 is 0. The van der Waals surface area contributed by atoms with Crippen molar-refractivity contribution in [1.82, 2.24) is 9.88 Å². The van der Waals surface area contributed by atoms with Crippen LogP contribution in [0.4, 0.5) is 0 Å². The molecule has 3 heteroatoms. The molecule has 1 aliphatic carbocycles. The standard InChI is InChI=1S/C12H20N2O/c15-8-2-1-7-14(12-3-4-12)10-11-5-6-13-9-11/h5-6,9,12-13,15H,1-4,7-8,10H2. The summed E-state index contributed by atoms with van der Waals surface area (Å²) < 4.78 is 0. The van der Waals surface area contributed by atoms with Crippen LogP contribution in [0, 0.1) is 0 Å². The van der Waals surface area contributed by atoms with Crippen LogP contribution in [-0.4, -0.2) is 34.2 Å². The zero-order valence-electron chi connectivity index (χ0n) is 9.15. The van der Waals surface area contributed by atoms with Gasteiger partial charge in [0.15, 0.2) is 0 Å². The molecule has 1 fully saturated rings. The molecule has 1 aromatic rings. The van der Waals surface area contributed by atoms with Gasteiger partial charge in [-0.25, -0.2) is 0 Å². The lowest BCUT2D eigenvalue weighted by Gasteiger charge is -2.21. The first-order valence-electron chi connectivity index (χ1n) is 5.86. The molecule has 0 saturated heterocycles. The van der Waals surface area contributed by atoms with E-state index in [0.29, 0.717) is 6.61 Å². The number of nitrogens with zero attached hydrogens (tertiary/aromatic N) is 1. The molecule has 0 unspecified atom stereocenters. The van der Waals surface area contributed by atoms with Crippen molar-refractivity contribution < 1.29 is 5.11 Å². The molecule has 1 heterocycles. The van der Waals surface area contributed by atoms with Crippen LogP contribution in [0.3, 0.4) is 0 Å². The Morgan fingerprint density at radius 1 is 1.40 bits per heavy atom. The van der Waals surface area contributed by atoms with Crippen LogP contribution in [0.5, 0.6) is 0 Å². The minimum absolute atomic E-state index is 0.322. The fourth-order valence-corrected chi connectivity index (χ4v) is 1.95. The van der Waals surface area contributed by atoms with Crippen molar-refractivity contribution in [2.75, 3.05) is 13.2 Å². The highest BCUT2D eigenvalue weighted by Crippen LogP contribution is 2.28. The molecule has 0 radical (unpaired) electrons. The normalized spacial score (nSPS) is 16.1. The number of hydrogen-bond donors (Lipinski definition) is 2. The van der Waals surface area contributed by atoms with Gasteiger partial charge in [0.1, 0.15) is 0 Å². The molecule has 2 rings (SSSR count). The molecule has 15 heavy (non-hydrogen) atoms. The molecule has 0 spiro atoms. The Hall–Kier alpha value is -0.800. The molecule has 0 aromatic carbocycles. The van der Waals surface area contributed by atoms with Crippen molar-refractivity contribution in [3.63, 3.8) is 0 Å². The van der Waals surface area contributed by atoms with Gasteiger partial charge >= 0.3 is 0 Å². The zero-order valence-corrected chi connectivity index (χ0v) is 9.15. The number of rotatable bonds is 7. The maximum atomic E-state index is 8.77. The lowest BCUT2D eigenvalue weighted by atomic mass is 10.2. The zero-order chi connectivity index (χ0) is 10.5. The summed E-state index contributed by atoms with van der Waals surface area (Å²) in [5, 5.41) is 8.77. The Balaban J connectivity index is 1.78. The molecule has 1 aliphatic rings. The quantitative estimate of drug-likeness (QED) is 0.670. The number of aromatic nitrogens is 1. The van der Waals surface area contributed by atoms with Crippen LogP contribution < -0.4 is 0 Å². The number of unbranched alkanes of at least 4 members (excludes halogenated alkanes) is 1. The van der Waals surface area contributed by atoms with Gasteiger partial charge in [0.25, 0.3) is 0 Å². The number of hydrogen-bond acceptors (Lipinski definition) is 2. The Morgan fingerprint density at radius 3 is 2.87 bits per heavy atom. The average molecular weight is 208 g/mol. The lowest BCUT2D eigenvalue weighted by Crippen LogP contribution is -2.26. The van der Waals surface area contributed by atoms with Crippen molar-refractivity contribution in [3.8, 4) is 0 Å². The van der Waals surface area contributed by atoms with E-state index in [2.05, 4.69) is 22.1 Å². The predicted molar refractivity (Wildman–Crippen MR) is 60.5 cm³/mol. The van der Waals surface area contributed by atoms with Crippen LogP contribution in [-0.2, 0) is 6.54 Å². The monoisotopic (exact) mass is 208 g/mol. The Labute approximate surface area is 91.1 Å². The minimum atomic E-state index is 0.322. The highest BCUT2D eigenvalue weighted by Gasteiger charge is 2.28. The molecule has 3 nitrogen and oxygen atoms in total. The molecular formula is C12H20N2O. The van der Waals surface area contributed by atoms with Crippen LogP contribution in [0.2, 0.25) is 0 Å². The molecule has 0 atom stereocenters. The number of aromatic amines is 1. The Morgan fingerprint density at radius 2 is 2.27 bits per heavy atom. The van der Waals surface area contributed by atoms with Gasteiger partial charge in [0, 0.05) is 31.6 Å². The summed E-state index contributed by atoms with van der Waals surface area (Å²) in [5.74, 6) is 0. The number of nitrogens with one attached hydrogen (secondary N) is 1. The van der Waals surface area contributed by atoms with Gasteiger partial charge in [-0.15, -0.1) is 0 Å². The molecule has 1 saturated carbocycles. The van der Waals surface area contributed by atoms with Crippen molar-refractivity contribution in [2.45, 2.75) is 38.3 Å². The molecular weight excluding hydrogens is 188 g/mol. The van der Waals surface area contributed by atoms with E-state index in [4.69, 9.17) is 5.11 Å². The second kappa shape index (κ2) is 5.33. The highest BCUT2D eigenvalue weighted by molar-refractivity contribution is 5.08. The van der Waals surface area contributed by atoms with Crippen LogP contribution in [0.25, 0.3) is 0 Å². The SMILES string of the molecule is OCCCCN(Cc1cc[nH]c1)C1CC1. The van der Waals surface area contributed by atoms with Gasteiger partial charge in [-0.3, -0.25) is 4.90 Å². The van der Waals surface area contributed by atoms with Crippen molar-refractivity contribution >= 4 is 0 Å². The summed E-state index contributed by atoms with van der Waals surface area (Å²) in [4.78, 5) is 5.64. The van der Waals surface area contributed by atoms with Gasteiger partial charge in [-0.1, -0.05) is 0 Å². The van der Waals surface area contributed by atoms with E-state index >= 15 is 0 Å². The average Bonchev–Trinajstić information content (AvgIpc) is 2.97. The molecule has 0 bridgehead atoms. The van der Waals surface area contributed by atoms with Crippen LogP contribution in [0.1, 0.15) is 31.2 Å². The molecule has 2 N–H and O–H groups in total. The summed E-state index contributed by atoms with van der Waals surface area (Å²) in [6.07, 6.45) is 8.79. The van der Waals surface area contributed by atoms with E-state index < -0.39 is 0 Å². The van der Waals surface area contributed by atoms with Gasteiger partial charge < -0.3 is 10.1 Å². The summed E-state index contributed by atoms with van der Waals surface area (Å²) in [6.45, 7) is 2.50. The van der Waals surface area contributed by atoms with E-state index in [9.17, 15) is 0 Å². The maximum Gasteiger partial charge on any atom is 0.0431 e. The molecule has 84 valence electrons. The topological polar surface area (TPSA) is 39.3 Å².